The van der Waals surface area contributed by atoms with Crippen LogP contribution in [0, 0.1) is 5.92 Å². The summed E-state index contributed by atoms with van der Waals surface area (Å²) in [5.74, 6) is 2.15. The van der Waals surface area contributed by atoms with Gasteiger partial charge in [0.05, 0.1) is 13.2 Å². The van der Waals surface area contributed by atoms with Crippen LogP contribution in [0.15, 0.2) is 53.5 Å². The van der Waals surface area contributed by atoms with Gasteiger partial charge in [0.15, 0.2) is 5.96 Å². The van der Waals surface area contributed by atoms with E-state index in [4.69, 9.17) is 4.74 Å². The molecule has 4 rings (SSSR count). The van der Waals surface area contributed by atoms with E-state index in [0.717, 1.165) is 55.7 Å². The lowest BCUT2D eigenvalue weighted by Gasteiger charge is -2.28. The lowest BCUT2D eigenvalue weighted by molar-refractivity contribution is 0.0951. The van der Waals surface area contributed by atoms with Gasteiger partial charge in [0, 0.05) is 24.3 Å². The largest absolute Gasteiger partial charge is 0.493 e. The molecule has 0 radical (unpaired) electrons. The summed E-state index contributed by atoms with van der Waals surface area (Å²) in [6.07, 6.45) is 2.36. The predicted molar refractivity (Wildman–Crippen MR) is 130 cm³/mol. The zero-order valence-corrected chi connectivity index (χ0v) is 18.1. The van der Waals surface area contributed by atoms with Crippen LogP contribution in [-0.4, -0.2) is 56.6 Å². The van der Waals surface area contributed by atoms with Gasteiger partial charge in [0.2, 0.25) is 0 Å². The maximum absolute atomic E-state index is 12.5. The number of rotatable bonds is 7. The van der Waals surface area contributed by atoms with Gasteiger partial charge in [-0.15, -0.1) is 0 Å². The van der Waals surface area contributed by atoms with Gasteiger partial charge in [-0.05, 0) is 80.9 Å². The molecule has 7 heteroatoms. The summed E-state index contributed by atoms with van der Waals surface area (Å²) in [5, 5.41) is 9.39. The second-order valence-electron chi connectivity index (χ2n) is 8.24. The monoisotopic (exact) mass is 437 g/mol. The van der Waals surface area contributed by atoms with E-state index in [1.54, 1.807) is 0 Å². The molecule has 0 saturated carbocycles. The number of amides is 1. The summed E-state index contributed by atoms with van der Waals surface area (Å²) in [5.41, 5.74) is 2.65. The van der Waals surface area contributed by atoms with E-state index < -0.39 is 0 Å². The average Bonchev–Trinajstić information content (AvgIpc) is 3.31. The van der Waals surface area contributed by atoms with Crippen LogP contribution in [0.25, 0.3) is 0 Å². The van der Waals surface area contributed by atoms with Crippen molar-refractivity contribution in [1.82, 2.24) is 15.5 Å². The molecule has 32 heavy (non-hydrogen) atoms. The van der Waals surface area contributed by atoms with Gasteiger partial charge in [0.1, 0.15) is 5.75 Å². The number of hydrogen-bond donors (Lipinski definition) is 3. The van der Waals surface area contributed by atoms with Crippen molar-refractivity contribution in [3.63, 3.8) is 0 Å². The van der Waals surface area contributed by atoms with Crippen LogP contribution in [0.1, 0.15) is 36.2 Å². The fourth-order valence-electron chi connectivity index (χ4n) is 3.75. The van der Waals surface area contributed by atoms with E-state index in [-0.39, 0.29) is 13.3 Å². The van der Waals surface area contributed by atoms with E-state index >= 15 is 0 Å². The van der Waals surface area contributed by atoms with E-state index in [2.05, 4.69) is 32.9 Å². The Balaban J connectivity index is 0.00000289. The molecule has 2 aliphatic heterocycles. The third kappa shape index (κ3) is 6.72. The number of aliphatic imine (C=N–C) groups is 1. The number of likely N-dealkylation sites (tertiary alicyclic amines) is 1. The van der Waals surface area contributed by atoms with E-state index in [9.17, 15) is 4.79 Å². The minimum Gasteiger partial charge on any atom is -0.493 e. The van der Waals surface area contributed by atoms with Crippen LogP contribution in [0.3, 0.4) is 0 Å². The quantitative estimate of drug-likeness (QED) is 0.619. The van der Waals surface area contributed by atoms with Gasteiger partial charge in [-0.2, -0.15) is 0 Å². The normalized spacial score (nSPS) is 16.5. The van der Waals surface area contributed by atoms with Crippen molar-refractivity contribution in [2.24, 2.45) is 10.9 Å². The number of carbonyl (C=O) groups excluding carboxylic acids is 1. The Kier molecular flexibility index (Phi) is 8.50. The molecular weight excluding hydrogens is 402 g/mol. The summed E-state index contributed by atoms with van der Waals surface area (Å²) in [7, 11) is 2.16. The van der Waals surface area contributed by atoms with Crippen LogP contribution < -0.4 is 20.7 Å². The number of guanidine groups is 1. The molecule has 2 heterocycles. The number of carbonyl (C=O) groups is 1. The molecule has 2 aliphatic rings. The summed E-state index contributed by atoms with van der Waals surface area (Å²) in [4.78, 5) is 19.1. The molecule has 0 aliphatic carbocycles. The van der Waals surface area contributed by atoms with Crippen molar-refractivity contribution in [3.05, 3.63) is 59.7 Å². The number of nitrogens with zero attached hydrogens (tertiary/aromatic N) is 2. The second kappa shape index (κ2) is 11.5. The third-order valence-corrected chi connectivity index (χ3v) is 5.78. The molecule has 0 atom stereocenters. The Morgan fingerprint density at radius 2 is 1.84 bits per heavy atom. The van der Waals surface area contributed by atoms with E-state index in [1.165, 1.54) is 12.8 Å². The van der Waals surface area contributed by atoms with Gasteiger partial charge in [-0.1, -0.05) is 19.6 Å². The number of anilines is 1. The highest BCUT2D eigenvalue weighted by molar-refractivity contribution is 5.95. The third-order valence-electron chi connectivity index (χ3n) is 5.78. The van der Waals surface area contributed by atoms with Crippen LogP contribution in [0.5, 0.6) is 5.75 Å². The molecular formula is C25H35N5O2. The number of ether oxygens (including phenoxy) is 1. The first-order valence-electron chi connectivity index (χ1n) is 11.0. The molecule has 0 spiro atoms. The van der Waals surface area contributed by atoms with Crippen molar-refractivity contribution in [2.45, 2.75) is 26.8 Å². The first-order valence-corrected chi connectivity index (χ1v) is 11.0. The number of nitrogens with one attached hydrogen (secondary N) is 3. The SMILES string of the molecule is C.CN1CCC(COc2ccc(C(=O)NCc3ccc(NC4=NCCN4)cc3)cc2)CC1. The number of hydrogen-bond acceptors (Lipinski definition) is 6. The minimum atomic E-state index is -0.0893. The van der Waals surface area contributed by atoms with Gasteiger partial charge >= 0.3 is 0 Å². The topological polar surface area (TPSA) is 78.0 Å². The highest BCUT2D eigenvalue weighted by atomic mass is 16.5. The Hall–Kier alpha value is -3.06. The highest BCUT2D eigenvalue weighted by Crippen LogP contribution is 2.19. The number of benzene rings is 2. The molecule has 0 unspecified atom stereocenters. The van der Waals surface area contributed by atoms with Gasteiger partial charge in [-0.25, -0.2) is 0 Å². The fourth-order valence-corrected chi connectivity index (χ4v) is 3.75. The zero-order chi connectivity index (χ0) is 21.5. The summed E-state index contributed by atoms with van der Waals surface area (Å²) in [6, 6.07) is 15.4. The summed E-state index contributed by atoms with van der Waals surface area (Å²) >= 11 is 0. The Bertz CT molecular complexity index is 888. The van der Waals surface area contributed by atoms with Crippen molar-refractivity contribution in [1.29, 1.82) is 0 Å². The van der Waals surface area contributed by atoms with Crippen molar-refractivity contribution in [2.75, 3.05) is 45.2 Å². The first kappa shape index (κ1) is 23.6. The smallest absolute Gasteiger partial charge is 0.251 e. The number of piperidine rings is 1. The van der Waals surface area contributed by atoms with Crippen molar-refractivity contribution in [3.8, 4) is 5.75 Å². The molecule has 1 fully saturated rings. The van der Waals surface area contributed by atoms with Crippen LogP contribution in [-0.2, 0) is 6.54 Å². The average molecular weight is 438 g/mol. The zero-order valence-electron chi connectivity index (χ0n) is 18.1. The van der Waals surface area contributed by atoms with Crippen molar-refractivity contribution >= 4 is 17.6 Å². The molecule has 0 bridgehead atoms. The standard InChI is InChI=1S/C24H31N5O2.CH4/c1-29-14-10-19(11-15-29)17-31-22-8-4-20(5-9-22)23(30)27-16-18-2-6-21(7-3-18)28-24-25-12-13-26-24;/h2-9,19H,10-17H2,1H3,(H,27,30)(H2,25,26,28);1H4. The van der Waals surface area contributed by atoms with E-state index in [0.29, 0.717) is 18.0 Å². The molecule has 0 aromatic heterocycles. The molecule has 1 amide bonds. The van der Waals surface area contributed by atoms with Crippen molar-refractivity contribution < 1.29 is 9.53 Å². The molecule has 172 valence electrons. The maximum Gasteiger partial charge on any atom is 0.251 e. The van der Waals surface area contributed by atoms with Crippen LogP contribution in [0.2, 0.25) is 0 Å². The molecule has 2 aromatic rings. The Morgan fingerprint density at radius 1 is 1.12 bits per heavy atom. The van der Waals surface area contributed by atoms with Gasteiger partial charge in [-0.3, -0.25) is 9.79 Å². The van der Waals surface area contributed by atoms with Crippen LogP contribution in [0.4, 0.5) is 5.69 Å². The first-order chi connectivity index (χ1) is 15.2. The minimum absolute atomic E-state index is 0. The highest BCUT2D eigenvalue weighted by Gasteiger charge is 2.17. The Labute approximate surface area is 191 Å². The molecule has 2 aromatic carbocycles. The van der Waals surface area contributed by atoms with E-state index in [1.807, 2.05) is 48.5 Å². The second-order valence-corrected chi connectivity index (χ2v) is 8.24. The molecule has 3 N–H and O–H groups in total. The predicted octanol–water partition coefficient (Wildman–Crippen LogP) is 3.34. The maximum atomic E-state index is 12.5. The van der Waals surface area contributed by atoms with Gasteiger partial charge in [0.25, 0.3) is 5.91 Å². The lowest BCUT2D eigenvalue weighted by atomic mass is 9.98. The fraction of sp³-hybridized carbons (Fsp3) is 0.440. The lowest BCUT2D eigenvalue weighted by Crippen LogP contribution is -2.32. The Morgan fingerprint density at radius 3 is 2.50 bits per heavy atom. The molecule has 7 nitrogen and oxygen atoms in total. The summed E-state index contributed by atoms with van der Waals surface area (Å²) in [6.45, 7) is 5.17. The van der Waals surface area contributed by atoms with Crippen LogP contribution >= 0.6 is 0 Å². The summed E-state index contributed by atoms with van der Waals surface area (Å²) < 4.78 is 5.93. The molecule has 1 saturated heterocycles. The van der Waals surface area contributed by atoms with Gasteiger partial charge < -0.3 is 25.6 Å².